The average Bonchev–Trinajstić information content (AvgIpc) is 2.91. The molecule has 0 spiro atoms. The Kier molecular flexibility index (Phi) is 4.36. The molecular formula is C22H26O5. The first kappa shape index (κ1) is 18.2. The predicted molar refractivity (Wildman–Crippen MR) is 98.5 cm³/mol. The van der Waals surface area contributed by atoms with E-state index in [2.05, 4.69) is 6.92 Å². The highest BCUT2D eigenvalue weighted by atomic mass is 16.5. The van der Waals surface area contributed by atoms with Gasteiger partial charge in [0.15, 0.2) is 5.78 Å². The van der Waals surface area contributed by atoms with Gasteiger partial charge < -0.3 is 9.47 Å². The van der Waals surface area contributed by atoms with Crippen LogP contribution in [0.1, 0.15) is 74.7 Å². The summed E-state index contributed by atoms with van der Waals surface area (Å²) >= 11 is 0. The van der Waals surface area contributed by atoms with Gasteiger partial charge in [0.1, 0.15) is 11.9 Å². The zero-order chi connectivity index (χ0) is 19.3. The summed E-state index contributed by atoms with van der Waals surface area (Å²) in [6.07, 6.45) is 4.36. The first-order valence-corrected chi connectivity index (χ1v) is 9.82. The summed E-state index contributed by atoms with van der Waals surface area (Å²) < 4.78 is 10.8. The molecule has 0 N–H and O–H groups in total. The van der Waals surface area contributed by atoms with Crippen LogP contribution in [-0.4, -0.2) is 23.8 Å². The van der Waals surface area contributed by atoms with Gasteiger partial charge in [-0.15, -0.1) is 0 Å². The summed E-state index contributed by atoms with van der Waals surface area (Å²) in [5.41, 5.74) is 1.75. The highest BCUT2D eigenvalue weighted by molar-refractivity contribution is 5.99. The molecule has 27 heavy (non-hydrogen) atoms. The molecule has 2 saturated carbocycles. The van der Waals surface area contributed by atoms with Gasteiger partial charge in [0, 0.05) is 31.2 Å². The highest BCUT2D eigenvalue weighted by Gasteiger charge is 2.57. The van der Waals surface area contributed by atoms with Crippen LogP contribution in [0.3, 0.4) is 0 Å². The van der Waals surface area contributed by atoms with E-state index in [1.54, 1.807) is 12.1 Å². The molecule has 0 aromatic heterocycles. The number of rotatable bonds is 2. The van der Waals surface area contributed by atoms with Crippen molar-refractivity contribution in [1.82, 2.24) is 0 Å². The standard InChI is InChI=1S/C22H26O5/c1-12(23)26-14-4-5-15-16-8-9-22(3)19(6-7-21(22)27-13(2)24)17(16)11-20(25)18(15)10-14/h4-5,10,16-17,19,21H,6-9,11H2,1-3H3/t16-,17-,19-,21+,22+/m1/s1. The number of Topliss-reactive ketones (excluding diaryl/α,β-unsaturated/α-hetero) is 1. The van der Waals surface area contributed by atoms with Gasteiger partial charge in [-0.05, 0) is 61.1 Å². The lowest BCUT2D eigenvalue weighted by Gasteiger charge is -2.50. The van der Waals surface area contributed by atoms with E-state index < -0.39 is 0 Å². The molecule has 1 aromatic carbocycles. The predicted octanol–water partition coefficient (Wildman–Crippen LogP) is 4.04. The van der Waals surface area contributed by atoms with Crippen molar-refractivity contribution in [2.45, 2.75) is 64.9 Å². The van der Waals surface area contributed by atoms with Gasteiger partial charge in [0.25, 0.3) is 0 Å². The monoisotopic (exact) mass is 370 g/mol. The largest absolute Gasteiger partial charge is 0.462 e. The van der Waals surface area contributed by atoms with E-state index in [1.165, 1.54) is 13.8 Å². The van der Waals surface area contributed by atoms with Crippen LogP contribution < -0.4 is 4.74 Å². The number of benzene rings is 1. The molecule has 0 heterocycles. The number of fused-ring (bicyclic) bond motifs is 5. The average molecular weight is 370 g/mol. The van der Waals surface area contributed by atoms with Gasteiger partial charge in [-0.1, -0.05) is 13.0 Å². The minimum Gasteiger partial charge on any atom is -0.462 e. The molecule has 0 radical (unpaired) electrons. The van der Waals surface area contributed by atoms with Crippen molar-refractivity contribution >= 4 is 17.7 Å². The number of hydrogen-bond donors (Lipinski definition) is 0. The first-order valence-electron chi connectivity index (χ1n) is 9.82. The second-order valence-electron chi connectivity index (χ2n) is 8.57. The minimum atomic E-state index is -0.382. The molecule has 5 nitrogen and oxygen atoms in total. The van der Waals surface area contributed by atoms with Gasteiger partial charge in [0.05, 0.1) is 0 Å². The zero-order valence-electron chi connectivity index (χ0n) is 16.1. The smallest absolute Gasteiger partial charge is 0.308 e. The molecule has 2 fully saturated rings. The van der Waals surface area contributed by atoms with Crippen LogP contribution >= 0.6 is 0 Å². The SMILES string of the molecule is CC(=O)Oc1ccc2c(c1)C(=O)C[C@@H]1[C@@H]2CC[C@]2(C)[C@@H](OC(C)=O)CC[C@H]12. The van der Waals surface area contributed by atoms with Gasteiger partial charge in [-0.3, -0.25) is 14.4 Å². The quantitative estimate of drug-likeness (QED) is 0.580. The molecule has 1 aromatic rings. The van der Waals surface area contributed by atoms with E-state index in [0.29, 0.717) is 35.5 Å². The lowest BCUT2D eigenvalue weighted by atomic mass is 9.55. The van der Waals surface area contributed by atoms with E-state index in [9.17, 15) is 14.4 Å². The fraction of sp³-hybridized carbons (Fsp3) is 0.591. The first-order chi connectivity index (χ1) is 12.8. The van der Waals surface area contributed by atoms with Crippen molar-refractivity contribution in [2.24, 2.45) is 17.3 Å². The van der Waals surface area contributed by atoms with E-state index in [0.717, 1.165) is 31.2 Å². The van der Waals surface area contributed by atoms with Crippen LogP contribution in [0.5, 0.6) is 5.75 Å². The van der Waals surface area contributed by atoms with Crippen molar-refractivity contribution in [3.8, 4) is 5.75 Å². The molecule has 0 bridgehead atoms. The van der Waals surface area contributed by atoms with Crippen LogP contribution in [0.2, 0.25) is 0 Å². The van der Waals surface area contributed by atoms with Crippen molar-refractivity contribution in [1.29, 1.82) is 0 Å². The Balaban J connectivity index is 1.64. The van der Waals surface area contributed by atoms with Crippen LogP contribution in [0.15, 0.2) is 18.2 Å². The zero-order valence-corrected chi connectivity index (χ0v) is 16.1. The lowest BCUT2D eigenvalue weighted by Crippen LogP contribution is -2.45. The van der Waals surface area contributed by atoms with E-state index >= 15 is 0 Å². The number of carbonyl (C=O) groups is 3. The number of esters is 2. The minimum absolute atomic E-state index is 0.0382. The molecule has 5 atom stereocenters. The van der Waals surface area contributed by atoms with Gasteiger partial charge in [-0.2, -0.15) is 0 Å². The van der Waals surface area contributed by atoms with Crippen molar-refractivity contribution in [3.63, 3.8) is 0 Å². The Morgan fingerprint density at radius 3 is 2.59 bits per heavy atom. The second kappa shape index (κ2) is 6.47. The number of hydrogen-bond acceptors (Lipinski definition) is 5. The molecular weight excluding hydrogens is 344 g/mol. The van der Waals surface area contributed by atoms with Crippen LogP contribution in [0, 0.1) is 17.3 Å². The van der Waals surface area contributed by atoms with Crippen LogP contribution in [-0.2, 0) is 14.3 Å². The molecule has 0 amide bonds. The molecule has 0 saturated heterocycles. The second-order valence-corrected chi connectivity index (χ2v) is 8.57. The fourth-order valence-corrected chi connectivity index (χ4v) is 5.96. The Morgan fingerprint density at radius 1 is 1.11 bits per heavy atom. The highest BCUT2D eigenvalue weighted by Crippen LogP contribution is 2.61. The third kappa shape index (κ3) is 2.97. The van der Waals surface area contributed by atoms with Gasteiger partial charge in [-0.25, -0.2) is 0 Å². The summed E-state index contributed by atoms with van der Waals surface area (Å²) in [6, 6.07) is 5.48. The number of carbonyl (C=O) groups excluding carboxylic acids is 3. The third-order valence-corrected chi connectivity index (χ3v) is 7.07. The molecule has 0 aliphatic heterocycles. The Bertz CT molecular complexity index is 813. The Morgan fingerprint density at radius 2 is 1.89 bits per heavy atom. The summed E-state index contributed by atoms with van der Waals surface area (Å²) in [5, 5.41) is 0. The molecule has 5 heteroatoms. The van der Waals surface area contributed by atoms with Crippen LogP contribution in [0.25, 0.3) is 0 Å². The van der Waals surface area contributed by atoms with Crippen molar-refractivity contribution < 1.29 is 23.9 Å². The molecule has 144 valence electrons. The van der Waals surface area contributed by atoms with Gasteiger partial charge in [0.2, 0.25) is 0 Å². The Hall–Kier alpha value is -2.17. The molecule has 3 aliphatic rings. The normalized spacial score (nSPS) is 34.3. The number of ketones is 1. The summed E-state index contributed by atoms with van der Waals surface area (Å²) in [4.78, 5) is 35.6. The fourth-order valence-electron chi connectivity index (χ4n) is 5.96. The van der Waals surface area contributed by atoms with Gasteiger partial charge >= 0.3 is 11.9 Å². The summed E-state index contributed by atoms with van der Waals surface area (Å²) in [7, 11) is 0. The van der Waals surface area contributed by atoms with Crippen LogP contribution in [0.4, 0.5) is 0 Å². The topological polar surface area (TPSA) is 69.7 Å². The van der Waals surface area contributed by atoms with E-state index in [1.807, 2.05) is 6.07 Å². The van der Waals surface area contributed by atoms with E-state index in [4.69, 9.17) is 9.47 Å². The number of ether oxygens (including phenoxy) is 2. The van der Waals surface area contributed by atoms with Crippen molar-refractivity contribution in [2.75, 3.05) is 0 Å². The molecule has 4 rings (SSSR count). The van der Waals surface area contributed by atoms with Crippen molar-refractivity contribution in [3.05, 3.63) is 29.3 Å². The maximum Gasteiger partial charge on any atom is 0.308 e. The summed E-state index contributed by atoms with van der Waals surface area (Å²) in [6.45, 7) is 5.07. The Labute approximate surface area is 159 Å². The molecule has 3 aliphatic carbocycles. The third-order valence-electron chi connectivity index (χ3n) is 7.07. The maximum absolute atomic E-state index is 12.9. The maximum atomic E-state index is 12.9. The lowest BCUT2D eigenvalue weighted by molar-refractivity contribution is -0.154. The summed E-state index contributed by atoms with van der Waals surface area (Å²) in [5.74, 6) is 0.997. The molecule has 0 unspecified atom stereocenters. The van der Waals surface area contributed by atoms with E-state index in [-0.39, 0.29) is 29.2 Å².